The summed E-state index contributed by atoms with van der Waals surface area (Å²) in [4.78, 5) is 11.4. The summed E-state index contributed by atoms with van der Waals surface area (Å²) in [6.45, 7) is 1.49. The molecule has 1 saturated heterocycles. The molecule has 0 aliphatic carbocycles. The lowest BCUT2D eigenvalue weighted by atomic mass is 9.88. The summed E-state index contributed by atoms with van der Waals surface area (Å²) in [6, 6.07) is 0. The Balaban J connectivity index is 2.81. The maximum atomic E-state index is 11.4. The SMILES string of the molecule is COC(=O)C(C)C1OC(CN)C(O)C(O)C1O. The number of carbonyl (C=O) groups excluding carboxylic acids is 1. The zero-order valence-electron chi connectivity index (χ0n) is 9.81. The largest absolute Gasteiger partial charge is 0.469 e. The third-order valence-corrected chi connectivity index (χ3v) is 3.05. The predicted octanol–water partition coefficient (Wildman–Crippen LogP) is -2.40. The number of aliphatic hydroxyl groups excluding tert-OH is 3. The zero-order valence-corrected chi connectivity index (χ0v) is 9.81. The normalized spacial score (nSPS) is 39.8. The second-order valence-electron chi connectivity index (χ2n) is 4.16. The van der Waals surface area contributed by atoms with Crippen LogP contribution in [-0.2, 0) is 14.3 Å². The molecule has 0 aromatic heterocycles. The van der Waals surface area contributed by atoms with E-state index in [0.29, 0.717) is 0 Å². The van der Waals surface area contributed by atoms with E-state index in [2.05, 4.69) is 4.74 Å². The van der Waals surface area contributed by atoms with Crippen LogP contribution >= 0.6 is 0 Å². The second-order valence-corrected chi connectivity index (χ2v) is 4.16. The molecule has 17 heavy (non-hydrogen) atoms. The molecule has 0 aromatic carbocycles. The average Bonchev–Trinajstić information content (AvgIpc) is 2.34. The van der Waals surface area contributed by atoms with E-state index < -0.39 is 42.4 Å². The van der Waals surface area contributed by atoms with E-state index in [-0.39, 0.29) is 6.54 Å². The van der Waals surface area contributed by atoms with Gasteiger partial charge in [0.2, 0.25) is 0 Å². The molecule has 1 aliphatic rings. The van der Waals surface area contributed by atoms with Crippen molar-refractivity contribution in [2.24, 2.45) is 11.7 Å². The minimum atomic E-state index is -1.39. The average molecular weight is 249 g/mol. The summed E-state index contributed by atoms with van der Waals surface area (Å²) < 4.78 is 9.87. The van der Waals surface area contributed by atoms with E-state index in [1.807, 2.05) is 0 Å². The van der Waals surface area contributed by atoms with E-state index in [1.54, 1.807) is 0 Å². The number of nitrogens with two attached hydrogens (primary N) is 1. The van der Waals surface area contributed by atoms with Crippen LogP contribution < -0.4 is 5.73 Å². The Labute approximate surface area is 99.1 Å². The highest BCUT2D eigenvalue weighted by Gasteiger charge is 2.46. The summed E-state index contributed by atoms with van der Waals surface area (Å²) in [5.41, 5.74) is 5.38. The Morgan fingerprint density at radius 2 is 1.94 bits per heavy atom. The lowest BCUT2D eigenvalue weighted by molar-refractivity contribution is -0.232. The van der Waals surface area contributed by atoms with Gasteiger partial charge >= 0.3 is 5.97 Å². The monoisotopic (exact) mass is 249 g/mol. The van der Waals surface area contributed by atoms with Crippen molar-refractivity contribution in [3.05, 3.63) is 0 Å². The van der Waals surface area contributed by atoms with Gasteiger partial charge in [-0.25, -0.2) is 0 Å². The Bertz CT molecular complexity index is 272. The van der Waals surface area contributed by atoms with Gasteiger partial charge in [-0.05, 0) is 6.92 Å². The van der Waals surface area contributed by atoms with Crippen LogP contribution in [0.1, 0.15) is 6.92 Å². The molecule has 1 heterocycles. The minimum Gasteiger partial charge on any atom is -0.469 e. The summed E-state index contributed by atoms with van der Waals surface area (Å²) in [5, 5.41) is 29.0. The van der Waals surface area contributed by atoms with Crippen LogP contribution in [0.4, 0.5) is 0 Å². The van der Waals surface area contributed by atoms with Gasteiger partial charge in [0.15, 0.2) is 0 Å². The molecule has 1 rings (SSSR count). The van der Waals surface area contributed by atoms with Gasteiger partial charge < -0.3 is 30.5 Å². The maximum Gasteiger partial charge on any atom is 0.311 e. The fourth-order valence-corrected chi connectivity index (χ4v) is 1.91. The lowest BCUT2D eigenvalue weighted by Gasteiger charge is -2.41. The van der Waals surface area contributed by atoms with E-state index in [0.717, 1.165) is 0 Å². The van der Waals surface area contributed by atoms with Crippen molar-refractivity contribution in [3.63, 3.8) is 0 Å². The van der Waals surface area contributed by atoms with Crippen molar-refractivity contribution in [3.8, 4) is 0 Å². The number of ether oxygens (including phenoxy) is 2. The molecule has 0 saturated carbocycles. The molecule has 1 aliphatic heterocycles. The molecule has 1 fully saturated rings. The molecule has 6 atom stereocenters. The van der Waals surface area contributed by atoms with Crippen molar-refractivity contribution in [2.45, 2.75) is 37.4 Å². The highest BCUT2D eigenvalue weighted by Crippen LogP contribution is 2.26. The molecular weight excluding hydrogens is 230 g/mol. The summed E-state index contributed by atoms with van der Waals surface area (Å²) in [6.07, 6.45) is -5.78. The molecule has 0 amide bonds. The third-order valence-electron chi connectivity index (χ3n) is 3.05. The number of aliphatic hydroxyl groups is 3. The van der Waals surface area contributed by atoms with Gasteiger partial charge in [-0.1, -0.05) is 0 Å². The van der Waals surface area contributed by atoms with Gasteiger partial charge in [-0.15, -0.1) is 0 Å². The van der Waals surface area contributed by atoms with Crippen LogP contribution in [0, 0.1) is 5.92 Å². The highest BCUT2D eigenvalue weighted by molar-refractivity contribution is 5.72. The fourth-order valence-electron chi connectivity index (χ4n) is 1.91. The van der Waals surface area contributed by atoms with E-state index in [4.69, 9.17) is 10.5 Å². The second kappa shape index (κ2) is 5.74. The quantitative estimate of drug-likeness (QED) is 0.411. The summed E-state index contributed by atoms with van der Waals surface area (Å²) in [5.74, 6) is -1.32. The first-order chi connectivity index (χ1) is 7.93. The Morgan fingerprint density at radius 3 is 2.41 bits per heavy atom. The highest BCUT2D eigenvalue weighted by atomic mass is 16.5. The third kappa shape index (κ3) is 2.75. The Morgan fingerprint density at radius 1 is 1.35 bits per heavy atom. The Kier molecular flexibility index (Phi) is 4.84. The number of methoxy groups -OCH3 is 1. The van der Waals surface area contributed by atoms with Gasteiger partial charge in [0, 0.05) is 6.54 Å². The first-order valence-electron chi connectivity index (χ1n) is 5.41. The van der Waals surface area contributed by atoms with Gasteiger partial charge in [0.05, 0.1) is 25.2 Å². The van der Waals surface area contributed by atoms with Crippen molar-refractivity contribution in [2.75, 3.05) is 13.7 Å². The summed E-state index contributed by atoms with van der Waals surface area (Å²) in [7, 11) is 1.22. The number of hydrogen-bond acceptors (Lipinski definition) is 7. The number of rotatable bonds is 3. The van der Waals surface area contributed by atoms with Crippen LogP contribution in [0.15, 0.2) is 0 Å². The van der Waals surface area contributed by atoms with Gasteiger partial charge in [-0.2, -0.15) is 0 Å². The van der Waals surface area contributed by atoms with Crippen LogP contribution in [0.5, 0.6) is 0 Å². The van der Waals surface area contributed by atoms with Crippen LogP contribution in [0.25, 0.3) is 0 Å². The lowest BCUT2D eigenvalue weighted by Crippen LogP contribution is -2.61. The van der Waals surface area contributed by atoms with Crippen molar-refractivity contribution in [1.29, 1.82) is 0 Å². The molecule has 100 valence electrons. The topological polar surface area (TPSA) is 122 Å². The van der Waals surface area contributed by atoms with Gasteiger partial charge in [0.1, 0.15) is 18.3 Å². The van der Waals surface area contributed by atoms with Crippen molar-refractivity contribution >= 4 is 5.97 Å². The van der Waals surface area contributed by atoms with Gasteiger partial charge in [0.25, 0.3) is 0 Å². The number of hydrogen-bond donors (Lipinski definition) is 4. The van der Waals surface area contributed by atoms with E-state index in [9.17, 15) is 20.1 Å². The molecule has 6 unspecified atom stereocenters. The molecule has 7 heteroatoms. The molecule has 0 radical (unpaired) electrons. The smallest absolute Gasteiger partial charge is 0.311 e. The molecule has 0 spiro atoms. The number of carbonyl (C=O) groups is 1. The van der Waals surface area contributed by atoms with Crippen LogP contribution in [0.3, 0.4) is 0 Å². The van der Waals surface area contributed by atoms with Gasteiger partial charge in [-0.3, -0.25) is 4.79 Å². The molecule has 0 bridgehead atoms. The van der Waals surface area contributed by atoms with Crippen molar-refractivity contribution in [1.82, 2.24) is 0 Å². The fraction of sp³-hybridized carbons (Fsp3) is 0.900. The first-order valence-corrected chi connectivity index (χ1v) is 5.41. The van der Waals surface area contributed by atoms with Crippen LogP contribution in [0.2, 0.25) is 0 Å². The number of esters is 1. The minimum absolute atomic E-state index is 0.0185. The molecule has 0 aromatic rings. The van der Waals surface area contributed by atoms with E-state index in [1.165, 1.54) is 14.0 Å². The molecule has 7 nitrogen and oxygen atoms in total. The van der Waals surface area contributed by atoms with Crippen molar-refractivity contribution < 1.29 is 29.6 Å². The Hall–Kier alpha value is -0.730. The van der Waals surface area contributed by atoms with E-state index >= 15 is 0 Å². The van der Waals surface area contributed by atoms with Crippen LogP contribution in [-0.4, -0.2) is 65.5 Å². The standard InChI is InChI=1S/C10H19NO6/c1-4(10(15)16-2)9-8(14)7(13)6(12)5(3-11)17-9/h4-9,12-14H,3,11H2,1-2H3. The molecule has 5 N–H and O–H groups in total. The zero-order chi connectivity index (χ0) is 13.2. The maximum absolute atomic E-state index is 11.4. The first kappa shape index (κ1) is 14.3. The molecular formula is C10H19NO6. The predicted molar refractivity (Wildman–Crippen MR) is 56.9 cm³/mol. The summed E-state index contributed by atoms with van der Waals surface area (Å²) >= 11 is 0.